The van der Waals surface area contributed by atoms with E-state index in [1.54, 1.807) is 23.1 Å². The van der Waals surface area contributed by atoms with E-state index in [1.807, 2.05) is 13.8 Å². The Labute approximate surface area is 107 Å². The first kappa shape index (κ1) is 14.3. The van der Waals surface area contributed by atoms with Gasteiger partial charge in [-0.2, -0.15) is 0 Å². The zero-order valence-corrected chi connectivity index (χ0v) is 11.0. The number of nitrogens with two attached hydrogens (primary N) is 1. The molecule has 0 saturated carbocycles. The van der Waals surface area contributed by atoms with Crippen molar-refractivity contribution < 1.29 is 14.6 Å². The summed E-state index contributed by atoms with van der Waals surface area (Å²) < 4.78 is 5.17. The molecule has 0 aliphatic heterocycles. The van der Waals surface area contributed by atoms with Gasteiger partial charge in [-0.1, -0.05) is 6.07 Å². The molecule has 1 amide bonds. The number of amides is 1. The van der Waals surface area contributed by atoms with Gasteiger partial charge in [0.25, 0.3) is 5.91 Å². The number of anilines is 1. The summed E-state index contributed by atoms with van der Waals surface area (Å²) in [6, 6.07) is 5.07. The number of benzene rings is 1. The number of methoxy groups -OCH3 is 1. The molecule has 0 saturated heterocycles. The van der Waals surface area contributed by atoms with Crippen LogP contribution in [0.1, 0.15) is 24.2 Å². The molecule has 1 aromatic rings. The molecule has 18 heavy (non-hydrogen) atoms. The number of aliphatic hydroxyl groups is 1. The van der Waals surface area contributed by atoms with Crippen LogP contribution in [0, 0.1) is 0 Å². The number of nitrogens with zero attached hydrogens (tertiary/aromatic N) is 1. The van der Waals surface area contributed by atoms with E-state index in [4.69, 9.17) is 15.6 Å². The minimum atomic E-state index is -0.228. The maximum atomic E-state index is 12.4. The third-order valence-electron chi connectivity index (χ3n) is 2.72. The number of hydrogen-bond acceptors (Lipinski definition) is 4. The smallest absolute Gasteiger partial charge is 0.260 e. The second kappa shape index (κ2) is 6.26. The van der Waals surface area contributed by atoms with Gasteiger partial charge >= 0.3 is 0 Å². The first-order chi connectivity index (χ1) is 8.52. The SMILES string of the molecule is COc1cccc(N)c1C(=O)N(CCO)C(C)C. The molecule has 1 aromatic carbocycles. The fraction of sp³-hybridized carbons (Fsp3) is 0.462. The van der Waals surface area contributed by atoms with Crippen LogP contribution in [0.4, 0.5) is 5.69 Å². The van der Waals surface area contributed by atoms with Crippen molar-refractivity contribution in [2.75, 3.05) is 26.0 Å². The maximum absolute atomic E-state index is 12.4. The Morgan fingerprint density at radius 2 is 2.17 bits per heavy atom. The lowest BCUT2D eigenvalue weighted by Gasteiger charge is -2.27. The van der Waals surface area contributed by atoms with Crippen LogP contribution in [-0.4, -0.2) is 42.2 Å². The van der Waals surface area contributed by atoms with E-state index in [0.29, 0.717) is 17.0 Å². The Balaban J connectivity index is 3.15. The van der Waals surface area contributed by atoms with E-state index in [0.717, 1.165) is 0 Å². The van der Waals surface area contributed by atoms with Crippen molar-refractivity contribution in [1.29, 1.82) is 0 Å². The third kappa shape index (κ3) is 2.92. The number of ether oxygens (including phenoxy) is 1. The Morgan fingerprint density at radius 3 is 2.67 bits per heavy atom. The highest BCUT2D eigenvalue weighted by Gasteiger charge is 2.23. The van der Waals surface area contributed by atoms with E-state index in [1.165, 1.54) is 7.11 Å². The quantitative estimate of drug-likeness (QED) is 0.770. The van der Waals surface area contributed by atoms with Crippen molar-refractivity contribution in [3.05, 3.63) is 23.8 Å². The van der Waals surface area contributed by atoms with Crippen molar-refractivity contribution in [2.45, 2.75) is 19.9 Å². The van der Waals surface area contributed by atoms with Crippen LogP contribution in [0.5, 0.6) is 5.75 Å². The van der Waals surface area contributed by atoms with Gasteiger partial charge in [-0.25, -0.2) is 0 Å². The van der Waals surface area contributed by atoms with Gasteiger partial charge in [-0.15, -0.1) is 0 Å². The second-order valence-corrected chi connectivity index (χ2v) is 4.24. The van der Waals surface area contributed by atoms with Gasteiger partial charge in [-0.05, 0) is 26.0 Å². The summed E-state index contributed by atoms with van der Waals surface area (Å²) in [6.07, 6.45) is 0. The van der Waals surface area contributed by atoms with Crippen LogP contribution >= 0.6 is 0 Å². The van der Waals surface area contributed by atoms with Crippen molar-refractivity contribution in [3.8, 4) is 5.75 Å². The summed E-state index contributed by atoms with van der Waals surface area (Å²) in [5.41, 5.74) is 6.57. The van der Waals surface area contributed by atoms with Gasteiger partial charge < -0.3 is 20.5 Å². The van der Waals surface area contributed by atoms with Crippen molar-refractivity contribution in [1.82, 2.24) is 4.90 Å². The molecule has 0 aromatic heterocycles. The van der Waals surface area contributed by atoms with Crippen molar-refractivity contribution in [2.24, 2.45) is 0 Å². The average molecular weight is 252 g/mol. The molecule has 0 heterocycles. The average Bonchev–Trinajstić information content (AvgIpc) is 2.34. The van der Waals surface area contributed by atoms with Gasteiger partial charge in [0.1, 0.15) is 11.3 Å². The molecule has 0 aliphatic carbocycles. The number of carbonyl (C=O) groups is 1. The van der Waals surface area contributed by atoms with E-state index in [-0.39, 0.29) is 25.1 Å². The molecule has 100 valence electrons. The predicted octanol–water partition coefficient (Wildman–Crippen LogP) is 1.12. The molecule has 0 spiro atoms. The fourth-order valence-corrected chi connectivity index (χ4v) is 1.79. The molecule has 5 nitrogen and oxygen atoms in total. The summed E-state index contributed by atoms with van der Waals surface area (Å²) in [7, 11) is 1.50. The number of rotatable bonds is 5. The largest absolute Gasteiger partial charge is 0.496 e. The minimum absolute atomic E-state index is 0.0195. The van der Waals surface area contributed by atoms with E-state index >= 15 is 0 Å². The molecular formula is C13H20N2O3. The number of carbonyl (C=O) groups excluding carboxylic acids is 1. The summed E-state index contributed by atoms with van der Waals surface area (Å²) in [5.74, 6) is 0.220. The van der Waals surface area contributed by atoms with E-state index < -0.39 is 0 Å². The first-order valence-electron chi connectivity index (χ1n) is 5.87. The molecule has 0 unspecified atom stereocenters. The van der Waals surface area contributed by atoms with Gasteiger partial charge in [0.2, 0.25) is 0 Å². The molecule has 0 radical (unpaired) electrons. The Bertz CT molecular complexity index is 419. The maximum Gasteiger partial charge on any atom is 0.260 e. The normalized spacial score (nSPS) is 10.5. The lowest BCUT2D eigenvalue weighted by molar-refractivity contribution is 0.0663. The number of hydrogen-bond donors (Lipinski definition) is 2. The number of aliphatic hydroxyl groups excluding tert-OH is 1. The second-order valence-electron chi connectivity index (χ2n) is 4.24. The Hall–Kier alpha value is -1.75. The van der Waals surface area contributed by atoms with Crippen LogP contribution in [0.3, 0.4) is 0 Å². The molecule has 3 N–H and O–H groups in total. The lowest BCUT2D eigenvalue weighted by Crippen LogP contribution is -2.39. The van der Waals surface area contributed by atoms with Crippen LogP contribution in [0.25, 0.3) is 0 Å². The van der Waals surface area contributed by atoms with E-state index in [9.17, 15) is 4.79 Å². The zero-order valence-electron chi connectivity index (χ0n) is 11.0. The predicted molar refractivity (Wildman–Crippen MR) is 70.7 cm³/mol. The van der Waals surface area contributed by atoms with Gasteiger partial charge in [0.05, 0.1) is 13.7 Å². The number of nitrogen functional groups attached to an aromatic ring is 1. The molecular weight excluding hydrogens is 232 g/mol. The Morgan fingerprint density at radius 1 is 1.50 bits per heavy atom. The standard InChI is InChI=1S/C13H20N2O3/c1-9(2)15(7-8-16)13(17)12-10(14)5-4-6-11(12)18-3/h4-6,9,16H,7-8,14H2,1-3H3. The van der Waals surface area contributed by atoms with Gasteiger partial charge in [0.15, 0.2) is 0 Å². The minimum Gasteiger partial charge on any atom is -0.496 e. The Kier molecular flexibility index (Phi) is 4.97. The van der Waals surface area contributed by atoms with Gasteiger partial charge in [0, 0.05) is 18.3 Å². The third-order valence-corrected chi connectivity index (χ3v) is 2.72. The molecule has 0 atom stereocenters. The highest BCUT2D eigenvalue weighted by Crippen LogP contribution is 2.26. The summed E-state index contributed by atoms with van der Waals surface area (Å²) in [6.45, 7) is 3.96. The topological polar surface area (TPSA) is 75.8 Å². The van der Waals surface area contributed by atoms with E-state index in [2.05, 4.69) is 0 Å². The first-order valence-corrected chi connectivity index (χ1v) is 5.87. The molecule has 5 heteroatoms. The summed E-state index contributed by atoms with van der Waals surface area (Å²) in [4.78, 5) is 14.0. The lowest BCUT2D eigenvalue weighted by atomic mass is 10.1. The van der Waals surface area contributed by atoms with Crippen molar-refractivity contribution >= 4 is 11.6 Å². The molecule has 0 bridgehead atoms. The highest BCUT2D eigenvalue weighted by atomic mass is 16.5. The van der Waals surface area contributed by atoms with Crippen LogP contribution in [0.15, 0.2) is 18.2 Å². The van der Waals surface area contributed by atoms with Crippen LogP contribution in [-0.2, 0) is 0 Å². The van der Waals surface area contributed by atoms with Crippen LogP contribution in [0.2, 0.25) is 0 Å². The summed E-state index contributed by atoms with van der Waals surface area (Å²) >= 11 is 0. The molecule has 0 fully saturated rings. The molecule has 0 aliphatic rings. The molecule has 1 rings (SSSR count). The highest BCUT2D eigenvalue weighted by molar-refractivity contribution is 6.02. The van der Waals surface area contributed by atoms with Crippen molar-refractivity contribution in [3.63, 3.8) is 0 Å². The van der Waals surface area contributed by atoms with Crippen LogP contribution < -0.4 is 10.5 Å². The monoisotopic (exact) mass is 252 g/mol. The summed E-state index contributed by atoms with van der Waals surface area (Å²) in [5, 5.41) is 9.02. The van der Waals surface area contributed by atoms with Gasteiger partial charge in [-0.3, -0.25) is 4.79 Å². The fourth-order valence-electron chi connectivity index (χ4n) is 1.79. The zero-order chi connectivity index (χ0) is 13.7.